The molecule has 0 saturated heterocycles. The van der Waals surface area contributed by atoms with E-state index in [2.05, 4.69) is 4.99 Å². The SMILES string of the molecule is CC/C=C(\Cl)N=C=O. The van der Waals surface area contributed by atoms with Gasteiger partial charge in [0.25, 0.3) is 0 Å². The summed E-state index contributed by atoms with van der Waals surface area (Å²) < 4.78 is 0. The summed E-state index contributed by atoms with van der Waals surface area (Å²) in [5.41, 5.74) is 0. The molecule has 0 N–H and O–H groups in total. The Balaban J connectivity index is 3.79. The van der Waals surface area contributed by atoms with Crippen molar-refractivity contribution in [2.24, 2.45) is 4.99 Å². The Morgan fingerprint density at radius 3 is 3.00 bits per heavy atom. The van der Waals surface area contributed by atoms with Gasteiger partial charge in [-0.3, -0.25) is 0 Å². The predicted octanol–water partition coefficient (Wildman–Crippen LogP) is 1.81. The topological polar surface area (TPSA) is 29.4 Å². The Bertz CT molecular complexity index is 135. The quantitative estimate of drug-likeness (QED) is 0.319. The maximum atomic E-state index is 9.47. The molecule has 0 aliphatic heterocycles. The largest absolute Gasteiger partial charge is 0.241 e. The molecule has 0 rings (SSSR count). The first kappa shape index (κ1) is 7.41. The van der Waals surface area contributed by atoms with Crippen molar-refractivity contribution in [2.75, 3.05) is 0 Å². The number of nitrogens with zero attached hydrogens (tertiary/aromatic N) is 1. The van der Waals surface area contributed by atoms with Crippen LogP contribution in [0.25, 0.3) is 0 Å². The Labute approximate surface area is 52.9 Å². The predicted molar refractivity (Wildman–Crippen MR) is 32.3 cm³/mol. The number of carbonyl (C=O) groups excluding carboxylic acids is 1. The molecule has 0 heterocycles. The first-order valence-corrected chi connectivity index (χ1v) is 2.62. The highest BCUT2D eigenvalue weighted by Gasteiger charge is 1.79. The highest BCUT2D eigenvalue weighted by atomic mass is 35.5. The van der Waals surface area contributed by atoms with Gasteiger partial charge in [-0.1, -0.05) is 18.5 Å². The molecule has 0 radical (unpaired) electrons. The molecule has 2 nitrogen and oxygen atoms in total. The number of isocyanates is 1. The van der Waals surface area contributed by atoms with Crippen molar-refractivity contribution >= 4 is 17.7 Å². The molecular weight excluding hydrogens is 126 g/mol. The molecule has 0 unspecified atom stereocenters. The summed E-state index contributed by atoms with van der Waals surface area (Å²) in [5.74, 6) is 0. The summed E-state index contributed by atoms with van der Waals surface area (Å²) in [7, 11) is 0. The monoisotopic (exact) mass is 131 g/mol. The molecule has 0 aromatic heterocycles. The van der Waals surface area contributed by atoms with Crippen molar-refractivity contribution in [1.82, 2.24) is 0 Å². The second kappa shape index (κ2) is 4.57. The van der Waals surface area contributed by atoms with Gasteiger partial charge in [0.05, 0.1) is 0 Å². The third-order valence-corrected chi connectivity index (χ3v) is 0.764. The molecule has 0 aromatic rings. The van der Waals surface area contributed by atoms with Crippen molar-refractivity contribution in [2.45, 2.75) is 13.3 Å². The lowest BCUT2D eigenvalue weighted by atomic mass is 10.5. The van der Waals surface area contributed by atoms with Crippen molar-refractivity contribution in [3.05, 3.63) is 11.2 Å². The maximum absolute atomic E-state index is 9.47. The summed E-state index contributed by atoms with van der Waals surface area (Å²) >= 11 is 5.31. The zero-order chi connectivity index (χ0) is 6.41. The van der Waals surface area contributed by atoms with Crippen molar-refractivity contribution in [1.29, 1.82) is 0 Å². The van der Waals surface area contributed by atoms with Crippen LogP contribution in [0.1, 0.15) is 13.3 Å². The van der Waals surface area contributed by atoms with Gasteiger partial charge in [-0.15, -0.1) is 0 Å². The standard InChI is InChI=1S/C5H6ClNO/c1-2-3-5(6)7-4-8/h3H,2H2,1H3/b5-3+. The van der Waals surface area contributed by atoms with E-state index in [9.17, 15) is 4.79 Å². The van der Waals surface area contributed by atoms with Crippen LogP contribution < -0.4 is 0 Å². The molecule has 0 aliphatic carbocycles. The fraction of sp³-hybridized carbons (Fsp3) is 0.400. The highest BCUT2D eigenvalue weighted by molar-refractivity contribution is 6.29. The highest BCUT2D eigenvalue weighted by Crippen LogP contribution is 2.01. The van der Waals surface area contributed by atoms with Crippen molar-refractivity contribution in [3.8, 4) is 0 Å². The van der Waals surface area contributed by atoms with Gasteiger partial charge < -0.3 is 0 Å². The third kappa shape index (κ3) is 3.59. The number of rotatable bonds is 2. The molecule has 0 bridgehead atoms. The summed E-state index contributed by atoms with van der Waals surface area (Å²) in [4.78, 5) is 12.6. The fourth-order valence-corrected chi connectivity index (χ4v) is 0.446. The summed E-state index contributed by atoms with van der Waals surface area (Å²) in [6, 6.07) is 0. The molecular formula is C5H6ClNO. The third-order valence-electron chi connectivity index (χ3n) is 0.525. The van der Waals surface area contributed by atoms with E-state index < -0.39 is 0 Å². The zero-order valence-electron chi connectivity index (χ0n) is 4.52. The van der Waals surface area contributed by atoms with Gasteiger partial charge in [-0.05, 0) is 12.5 Å². The van der Waals surface area contributed by atoms with Gasteiger partial charge in [0.2, 0.25) is 6.08 Å². The summed E-state index contributed by atoms with van der Waals surface area (Å²) in [6.45, 7) is 1.91. The minimum absolute atomic E-state index is 0.211. The molecule has 0 aliphatic rings. The number of halogens is 1. The Morgan fingerprint density at radius 1 is 2.00 bits per heavy atom. The van der Waals surface area contributed by atoms with E-state index in [0.717, 1.165) is 6.42 Å². The van der Waals surface area contributed by atoms with E-state index in [1.807, 2.05) is 6.92 Å². The molecule has 3 heteroatoms. The lowest BCUT2D eigenvalue weighted by molar-refractivity contribution is 0.565. The van der Waals surface area contributed by atoms with Gasteiger partial charge in [0.1, 0.15) is 5.16 Å². The average molecular weight is 132 g/mol. The van der Waals surface area contributed by atoms with Gasteiger partial charge in [0.15, 0.2) is 0 Å². The van der Waals surface area contributed by atoms with Crippen LogP contribution in [0.3, 0.4) is 0 Å². The average Bonchev–Trinajstić information content (AvgIpc) is 1.68. The second-order valence-corrected chi connectivity index (χ2v) is 1.53. The number of hydrogen-bond acceptors (Lipinski definition) is 2. The van der Waals surface area contributed by atoms with Crippen LogP contribution in [-0.2, 0) is 4.79 Å². The van der Waals surface area contributed by atoms with E-state index in [-0.39, 0.29) is 5.16 Å². The summed E-state index contributed by atoms with van der Waals surface area (Å²) in [5, 5.41) is 0.211. The molecule has 0 aromatic carbocycles. The van der Waals surface area contributed by atoms with Crippen molar-refractivity contribution < 1.29 is 4.79 Å². The van der Waals surface area contributed by atoms with Crippen LogP contribution in [0.2, 0.25) is 0 Å². The van der Waals surface area contributed by atoms with Gasteiger partial charge in [-0.2, -0.15) is 4.99 Å². The van der Waals surface area contributed by atoms with E-state index in [0.29, 0.717) is 0 Å². The first-order valence-electron chi connectivity index (χ1n) is 2.24. The Morgan fingerprint density at radius 2 is 2.62 bits per heavy atom. The molecule has 44 valence electrons. The van der Waals surface area contributed by atoms with Gasteiger partial charge >= 0.3 is 0 Å². The Hall–Kier alpha value is -0.590. The molecule has 0 atom stereocenters. The van der Waals surface area contributed by atoms with E-state index in [1.165, 1.54) is 6.08 Å². The number of hydrogen-bond donors (Lipinski definition) is 0. The fourth-order valence-electron chi connectivity index (χ4n) is 0.258. The van der Waals surface area contributed by atoms with E-state index in [4.69, 9.17) is 11.6 Å². The first-order chi connectivity index (χ1) is 3.81. The lowest BCUT2D eigenvalue weighted by Gasteiger charge is -1.78. The normalized spacial score (nSPS) is 10.5. The molecule has 0 fully saturated rings. The van der Waals surface area contributed by atoms with Gasteiger partial charge in [-0.25, -0.2) is 4.79 Å². The van der Waals surface area contributed by atoms with Crippen LogP contribution in [0, 0.1) is 0 Å². The van der Waals surface area contributed by atoms with Crippen LogP contribution in [0.5, 0.6) is 0 Å². The second-order valence-electron chi connectivity index (χ2n) is 1.14. The molecule has 8 heavy (non-hydrogen) atoms. The van der Waals surface area contributed by atoms with E-state index in [1.54, 1.807) is 6.08 Å². The zero-order valence-corrected chi connectivity index (χ0v) is 5.27. The number of aliphatic imine (C=N–C) groups is 1. The van der Waals surface area contributed by atoms with Crippen LogP contribution >= 0.6 is 11.6 Å². The van der Waals surface area contributed by atoms with Gasteiger partial charge in [0, 0.05) is 0 Å². The summed E-state index contributed by atoms with van der Waals surface area (Å²) in [6.07, 6.45) is 3.74. The molecule has 0 spiro atoms. The minimum atomic E-state index is 0.211. The Kier molecular flexibility index (Phi) is 4.23. The van der Waals surface area contributed by atoms with E-state index >= 15 is 0 Å². The van der Waals surface area contributed by atoms with Crippen LogP contribution in [-0.4, -0.2) is 6.08 Å². The van der Waals surface area contributed by atoms with Crippen LogP contribution in [0.15, 0.2) is 16.2 Å². The minimum Gasteiger partial charge on any atom is -0.211 e. The lowest BCUT2D eigenvalue weighted by Crippen LogP contribution is -1.61. The van der Waals surface area contributed by atoms with Crippen LogP contribution in [0.4, 0.5) is 0 Å². The smallest absolute Gasteiger partial charge is 0.211 e. The molecule has 0 saturated carbocycles. The molecule has 0 amide bonds. The number of allylic oxidation sites excluding steroid dienone is 1. The maximum Gasteiger partial charge on any atom is 0.241 e. The van der Waals surface area contributed by atoms with Crippen molar-refractivity contribution in [3.63, 3.8) is 0 Å².